The largest absolute Gasteiger partial charge is 0.392 e. The van der Waals surface area contributed by atoms with E-state index < -0.39 is 5.60 Å². The zero-order chi connectivity index (χ0) is 26.4. The smallest absolute Gasteiger partial charge is 0.164 e. The van der Waals surface area contributed by atoms with Crippen molar-refractivity contribution in [3.63, 3.8) is 0 Å². The molecule has 1 saturated heterocycles. The van der Waals surface area contributed by atoms with E-state index in [-0.39, 0.29) is 34.2 Å². The molecule has 0 aromatic rings. The van der Waals surface area contributed by atoms with Crippen molar-refractivity contribution >= 4 is 0 Å². The first-order valence-electron chi connectivity index (χ1n) is 14.6. The molecule has 0 amide bonds. The number of rotatable bonds is 6. The van der Waals surface area contributed by atoms with Crippen LogP contribution in [0.25, 0.3) is 0 Å². The second-order valence-corrected chi connectivity index (χ2v) is 14.7. The van der Waals surface area contributed by atoms with Crippen LogP contribution in [0.2, 0.25) is 0 Å². The number of hydrogen-bond acceptors (Lipinski definition) is 4. The van der Waals surface area contributed by atoms with Gasteiger partial charge in [-0.2, -0.15) is 0 Å². The van der Waals surface area contributed by atoms with E-state index in [1.54, 1.807) is 7.11 Å². The van der Waals surface area contributed by atoms with E-state index in [9.17, 15) is 5.11 Å². The average Bonchev–Trinajstić information content (AvgIpc) is 3.20. The van der Waals surface area contributed by atoms with Crippen LogP contribution in [0.4, 0.5) is 0 Å². The summed E-state index contributed by atoms with van der Waals surface area (Å²) in [5.74, 6) is 2.20. The van der Waals surface area contributed by atoms with Crippen LogP contribution in [-0.4, -0.2) is 42.9 Å². The highest BCUT2D eigenvalue weighted by Gasteiger charge is 2.78. The van der Waals surface area contributed by atoms with Crippen LogP contribution in [0.1, 0.15) is 93.4 Å². The van der Waals surface area contributed by atoms with Crippen molar-refractivity contribution in [2.75, 3.05) is 14.2 Å². The highest BCUT2D eigenvalue weighted by Crippen LogP contribution is 2.78. The number of aliphatic hydroxyl groups excluding tert-OH is 1. The van der Waals surface area contributed by atoms with Gasteiger partial charge < -0.3 is 19.3 Å². The van der Waals surface area contributed by atoms with Gasteiger partial charge in [0.25, 0.3) is 0 Å². The molecule has 1 spiro atoms. The Labute approximate surface area is 220 Å². The van der Waals surface area contributed by atoms with Crippen molar-refractivity contribution in [1.29, 1.82) is 0 Å². The van der Waals surface area contributed by atoms with E-state index in [2.05, 4.69) is 72.8 Å². The van der Waals surface area contributed by atoms with Crippen LogP contribution >= 0.6 is 0 Å². The lowest BCUT2D eigenvalue weighted by atomic mass is 9.38. The van der Waals surface area contributed by atoms with Crippen LogP contribution in [0.15, 0.2) is 24.3 Å². The molecule has 36 heavy (non-hydrogen) atoms. The molecule has 4 aliphatic carbocycles. The first kappa shape index (κ1) is 26.9. The number of hydrogen-bond donors (Lipinski definition) is 1. The minimum Gasteiger partial charge on any atom is -0.392 e. The SMILES string of the molecule is CO[C@@H]1OC23C=C[C@H]4C1(CCC1(C)C([C@H](C)C/C=C/C(C)(C)OC)CC[C@@]41C)[C@@H]2CCC(O)C3(C)C. The van der Waals surface area contributed by atoms with Gasteiger partial charge in [-0.15, -0.1) is 0 Å². The summed E-state index contributed by atoms with van der Waals surface area (Å²) in [6.45, 7) is 16.3. The second-order valence-electron chi connectivity index (χ2n) is 14.7. The monoisotopic (exact) mass is 500 g/mol. The molecule has 5 rings (SSSR count). The number of allylic oxidation sites excluding steroid dienone is 2. The summed E-state index contributed by atoms with van der Waals surface area (Å²) in [4.78, 5) is 0. The molecule has 1 aliphatic heterocycles. The molecule has 3 saturated carbocycles. The van der Waals surface area contributed by atoms with Gasteiger partial charge in [0, 0.05) is 31.0 Å². The van der Waals surface area contributed by atoms with Crippen LogP contribution in [0, 0.1) is 45.3 Å². The summed E-state index contributed by atoms with van der Waals surface area (Å²) in [6.07, 6.45) is 16.9. The Morgan fingerprint density at radius 1 is 1.06 bits per heavy atom. The quantitative estimate of drug-likeness (QED) is 0.402. The third kappa shape index (κ3) is 3.20. The predicted molar refractivity (Wildman–Crippen MR) is 144 cm³/mol. The summed E-state index contributed by atoms with van der Waals surface area (Å²) in [5, 5.41) is 11.0. The van der Waals surface area contributed by atoms with Crippen LogP contribution < -0.4 is 0 Å². The molecule has 1 N–H and O–H groups in total. The topological polar surface area (TPSA) is 47.9 Å². The summed E-state index contributed by atoms with van der Waals surface area (Å²) in [6, 6.07) is 0. The van der Waals surface area contributed by atoms with Gasteiger partial charge >= 0.3 is 0 Å². The lowest BCUT2D eigenvalue weighted by Crippen LogP contribution is -2.65. The fourth-order valence-corrected chi connectivity index (χ4v) is 10.3. The van der Waals surface area contributed by atoms with Crippen molar-refractivity contribution in [3.05, 3.63) is 24.3 Å². The Bertz CT molecular complexity index is 921. The normalized spacial score (nSPS) is 50.1. The van der Waals surface area contributed by atoms with Crippen molar-refractivity contribution in [2.45, 2.75) is 117 Å². The molecule has 5 unspecified atom stereocenters. The van der Waals surface area contributed by atoms with Gasteiger partial charge in [-0.05, 0) is 87.4 Å². The van der Waals surface area contributed by atoms with Gasteiger partial charge in [0.15, 0.2) is 6.29 Å². The Balaban J connectivity index is 1.49. The van der Waals surface area contributed by atoms with Crippen molar-refractivity contribution in [1.82, 2.24) is 0 Å². The van der Waals surface area contributed by atoms with Gasteiger partial charge in [0.2, 0.25) is 0 Å². The van der Waals surface area contributed by atoms with E-state index in [0.29, 0.717) is 29.1 Å². The van der Waals surface area contributed by atoms with Crippen molar-refractivity contribution in [2.24, 2.45) is 45.3 Å². The van der Waals surface area contributed by atoms with E-state index >= 15 is 0 Å². The maximum Gasteiger partial charge on any atom is 0.164 e. The fraction of sp³-hybridized carbons (Fsp3) is 0.875. The number of methoxy groups -OCH3 is 2. The zero-order valence-electron chi connectivity index (χ0n) is 24.4. The molecular formula is C32H52O4. The van der Waals surface area contributed by atoms with Gasteiger partial charge in [-0.1, -0.05) is 58.9 Å². The molecule has 0 aromatic carbocycles. The maximum atomic E-state index is 11.0. The van der Waals surface area contributed by atoms with Crippen molar-refractivity contribution < 1.29 is 19.3 Å². The zero-order valence-corrected chi connectivity index (χ0v) is 24.4. The summed E-state index contributed by atoms with van der Waals surface area (Å²) in [7, 11) is 3.63. The summed E-state index contributed by atoms with van der Waals surface area (Å²) in [5.41, 5.74) is -0.460. The average molecular weight is 501 g/mol. The molecule has 5 aliphatic rings. The first-order chi connectivity index (χ1) is 16.8. The van der Waals surface area contributed by atoms with E-state index in [1.807, 2.05) is 7.11 Å². The van der Waals surface area contributed by atoms with Gasteiger partial charge in [-0.25, -0.2) is 0 Å². The number of aliphatic hydroxyl groups is 1. The Morgan fingerprint density at radius 3 is 2.44 bits per heavy atom. The highest BCUT2D eigenvalue weighted by atomic mass is 16.7. The molecule has 204 valence electrons. The molecule has 2 bridgehead atoms. The number of fused-ring (bicyclic) bond motifs is 2. The van der Waals surface area contributed by atoms with E-state index in [1.165, 1.54) is 19.3 Å². The molecule has 0 radical (unpaired) electrons. The fourth-order valence-electron chi connectivity index (χ4n) is 10.3. The standard InChI is InChI=1S/C32H52O4/c1-21(11-10-16-27(2,3)35-9)22-14-17-30(7)23-15-18-32-24(12-13-25(33)28(32,4)5)31(23,26(34-8)36-32)20-19-29(22,30)6/h10,15-16,18,21-26,33H,11-14,17,19-20H2,1-9H3/b16-10+/t21-,22?,23-,24+,25?,26-,29?,30+,31?,32?/m1/s1. The lowest BCUT2D eigenvalue weighted by molar-refractivity contribution is -0.225. The van der Waals surface area contributed by atoms with E-state index in [0.717, 1.165) is 25.7 Å². The predicted octanol–water partition coefficient (Wildman–Crippen LogP) is 6.92. The maximum absolute atomic E-state index is 11.0. The minimum atomic E-state index is -0.434. The van der Waals surface area contributed by atoms with Crippen LogP contribution in [-0.2, 0) is 14.2 Å². The Hall–Kier alpha value is -0.680. The van der Waals surface area contributed by atoms with Gasteiger partial charge in [-0.3, -0.25) is 0 Å². The summed E-state index contributed by atoms with van der Waals surface area (Å²) < 4.78 is 18.8. The molecule has 4 fully saturated rings. The number of ether oxygens (including phenoxy) is 3. The molecule has 10 atom stereocenters. The van der Waals surface area contributed by atoms with Gasteiger partial charge in [0.1, 0.15) is 5.60 Å². The van der Waals surface area contributed by atoms with E-state index in [4.69, 9.17) is 14.2 Å². The minimum absolute atomic E-state index is 0.00428. The van der Waals surface area contributed by atoms with Crippen LogP contribution in [0.3, 0.4) is 0 Å². The molecular weight excluding hydrogens is 448 g/mol. The van der Waals surface area contributed by atoms with Crippen LogP contribution in [0.5, 0.6) is 0 Å². The third-order valence-electron chi connectivity index (χ3n) is 12.9. The second kappa shape index (κ2) is 8.41. The third-order valence-corrected chi connectivity index (χ3v) is 12.9. The molecule has 4 heteroatoms. The Morgan fingerprint density at radius 2 is 1.78 bits per heavy atom. The Kier molecular flexibility index (Phi) is 6.28. The lowest BCUT2D eigenvalue weighted by Gasteiger charge is -2.65. The molecule has 1 heterocycles. The summed E-state index contributed by atoms with van der Waals surface area (Å²) >= 11 is 0. The first-order valence-corrected chi connectivity index (χ1v) is 14.6. The molecule has 0 aromatic heterocycles. The van der Waals surface area contributed by atoms with Crippen molar-refractivity contribution in [3.8, 4) is 0 Å². The highest BCUT2D eigenvalue weighted by molar-refractivity contribution is 5.34. The van der Waals surface area contributed by atoms with Gasteiger partial charge in [0.05, 0.1) is 11.7 Å². The molecule has 4 nitrogen and oxygen atoms in total.